The van der Waals surface area contributed by atoms with Gasteiger partial charge in [0, 0.05) is 17.4 Å². The molecule has 0 unspecified atom stereocenters. The molecule has 0 spiro atoms. The topological polar surface area (TPSA) is 86.5 Å². The maximum atomic E-state index is 12.2. The minimum absolute atomic E-state index is 0. The third-order valence-corrected chi connectivity index (χ3v) is 3.34. The summed E-state index contributed by atoms with van der Waals surface area (Å²) < 4.78 is 11.4. The molecule has 0 radical (unpaired) electrons. The van der Waals surface area contributed by atoms with Gasteiger partial charge < -0.3 is 20.5 Å². The van der Waals surface area contributed by atoms with Gasteiger partial charge >= 0.3 is 0 Å². The van der Waals surface area contributed by atoms with Crippen LogP contribution in [0.3, 0.4) is 0 Å². The van der Waals surface area contributed by atoms with Crippen molar-refractivity contribution in [2.75, 3.05) is 24.3 Å². The number of ether oxygens (including phenoxy) is 2. The second-order valence-corrected chi connectivity index (χ2v) is 5.67. The fourth-order valence-corrected chi connectivity index (χ4v) is 2.15. The lowest BCUT2D eigenvalue weighted by molar-refractivity contribution is -0.115. The van der Waals surface area contributed by atoms with Crippen LogP contribution in [0.5, 0.6) is 11.5 Å². The lowest BCUT2D eigenvalue weighted by atomic mass is 10.2. The Kier molecular flexibility index (Phi) is 9.30. The maximum absolute atomic E-state index is 12.2. The minimum atomic E-state index is -0.152. The Morgan fingerprint density at radius 1 is 1.08 bits per heavy atom. The first kappa shape index (κ1) is 21.6. The number of nitrogens with two attached hydrogens (primary N) is 1. The van der Waals surface area contributed by atoms with Gasteiger partial charge in [0.05, 0.1) is 31.5 Å². The van der Waals surface area contributed by atoms with Crippen molar-refractivity contribution in [3.63, 3.8) is 0 Å². The molecule has 7 heteroatoms. The van der Waals surface area contributed by atoms with Crippen LogP contribution >= 0.6 is 12.4 Å². The number of benzene rings is 1. The van der Waals surface area contributed by atoms with Crippen LogP contribution in [0.2, 0.25) is 0 Å². The molecule has 1 amide bonds. The predicted octanol–water partition coefficient (Wildman–Crippen LogP) is 3.84. The number of aromatic nitrogens is 1. The highest BCUT2D eigenvalue weighted by Crippen LogP contribution is 2.31. The van der Waals surface area contributed by atoms with E-state index in [2.05, 4.69) is 10.3 Å². The zero-order valence-electron chi connectivity index (χ0n) is 15.2. The third-order valence-electron chi connectivity index (χ3n) is 3.34. The molecular weight excluding hydrogens is 354 g/mol. The van der Waals surface area contributed by atoms with E-state index in [-0.39, 0.29) is 24.7 Å². The van der Waals surface area contributed by atoms with E-state index in [0.717, 1.165) is 12.8 Å². The Balaban J connectivity index is 0.00000338. The van der Waals surface area contributed by atoms with Crippen LogP contribution < -0.4 is 20.5 Å². The molecule has 1 aromatic carbocycles. The van der Waals surface area contributed by atoms with Gasteiger partial charge in [0.25, 0.3) is 0 Å². The Morgan fingerprint density at radius 3 is 2.38 bits per heavy atom. The van der Waals surface area contributed by atoms with Crippen molar-refractivity contribution in [1.29, 1.82) is 0 Å². The summed E-state index contributed by atoms with van der Waals surface area (Å²) in [6.07, 6.45) is 3.53. The third kappa shape index (κ3) is 6.80. The Hall–Kier alpha value is -2.47. The minimum Gasteiger partial charge on any atom is -0.490 e. The van der Waals surface area contributed by atoms with Crippen LogP contribution in [0.15, 0.2) is 36.5 Å². The lowest BCUT2D eigenvalue weighted by Crippen LogP contribution is -2.15. The van der Waals surface area contributed by atoms with Gasteiger partial charge in [0.15, 0.2) is 11.5 Å². The van der Waals surface area contributed by atoms with Crippen LogP contribution in [0, 0.1) is 0 Å². The first-order chi connectivity index (χ1) is 12.1. The van der Waals surface area contributed by atoms with Gasteiger partial charge in [0.2, 0.25) is 5.91 Å². The molecule has 0 fully saturated rings. The smallest absolute Gasteiger partial charge is 0.230 e. The second-order valence-electron chi connectivity index (χ2n) is 5.67. The Labute approximate surface area is 160 Å². The molecule has 2 rings (SSSR count). The van der Waals surface area contributed by atoms with Crippen LogP contribution in [-0.2, 0) is 11.2 Å². The van der Waals surface area contributed by atoms with Gasteiger partial charge in [-0.2, -0.15) is 0 Å². The van der Waals surface area contributed by atoms with Crippen molar-refractivity contribution in [3.8, 4) is 11.5 Å². The molecule has 1 heterocycles. The largest absolute Gasteiger partial charge is 0.490 e. The fraction of sp³-hybridized carbons (Fsp3) is 0.368. The van der Waals surface area contributed by atoms with E-state index < -0.39 is 0 Å². The number of pyridine rings is 1. The Bertz CT molecular complexity index is 693. The number of nitrogens with zero attached hydrogens (tertiary/aromatic N) is 1. The summed E-state index contributed by atoms with van der Waals surface area (Å²) in [6, 6.07) is 8.88. The van der Waals surface area contributed by atoms with Gasteiger partial charge in [0.1, 0.15) is 0 Å². The molecule has 3 N–H and O–H groups in total. The second kappa shape index (κ2) is 11.2. The molecule has 1 aromatic heterocycles. The van der Waals surface area contributed by atoms with Gasteiger partial charge in [-0.25, -0.2) is 0 Å². The summed E-state index contributed by atoms with van der Waals surface area (Å²) in [5.74, 6) is 1.17. The van der Waals surface area contributed by atoms with Gasteiger partial charge in [-0.05, 0) is 37.1 Å². The summed E-state index contributed by atoms with van der Waals surface area (Å²) in [5.41, 5.74) is 7.50. The number of halogens is 1. The maximum Gasteiger partial charge on any atom is 0.230 e. The average molecular weight is 380 g/mol. The van der Waals surface area contributed by atoms with Crippen molar-refractivity contribution >= 4 is 29.7 Å². The molecule has 26 heavy (non-hydrogen) atoms. The number of carbonyl (C=O) groups excluding carboxylic acids is 1. The molecule has 0 saturated carbocycles. The van der Waals surface area contributed by atoms with E-state index in [1.165, 1.54) is 0 Å². The summed E-state index contributed by atoms with van der Waals surface area (Å²) in [6.45, 7) is 5.30. The highest BCUT2D eigenvalue weighted by atomic mass is 35.5. The molecule has 0 aliphatic rings. The van der Waals surface area contributed by atoms with Crippen molar-refractivity contribution in [2.45, 2.75) is 33.1 Å². The quantitative estimate of drug-likeness (QED) is 0.691. The molecule has 2 aromatic rings. The highest BCUT2D eigenvalue weighted by Gasteiger charge is 2.10. The van der Waals surface area contributed by atoms with E-state index in [1.807, 2.05) is 19.9 Å². The van der Waals surface area contributed by atoms with E-state index in [0.29, 0.717) is 41.8 Å². The van der Waals surface area contributed by atoms with Gasteiger partial charge in [-0.3, -0.25) is 9.78 Å². The summed E-state index contributed by atoms with van der Waals surface area (Å²) in [5, 5.41) is 2.86. The molecule has 0 aliphatic carbocycles. The number of hydrogen-bond acceptors (Lipinski definition) is 5. The van der Waals surface area contributed by atoms with Gasteiger partial charge in [-0.15, -0.1) is 12.4 Å². The lowest BCUT2D eigenvalue weighted by Gasteiger charge is -2.14. The van der Waals surface area contributed by atoms with E-state index in [9.17, 15) is 4.79 Å². The van der Waals surface area contributed by atoms with Crippen LogP contribution in [0.4, 0.5) is 11.4 Å². The molecule has 0 aliphatic heterocycles. The summed E-state index contributed by atoms with van der Waals surface area (Å²) in [4.78, 5) is 16.3. The molecular formula is C19H26ClN3O3. The zero-order valence-corrected chi connectivity index (χ0v) is 16.0. The number of carbonyl (C=O) groups is 1. The van der Waals surface area contributed by atoms with Crippen molar-refractivity contribution < 1.29 is 14.3 Å². The Morgan fingerprint density at radius 2 is 1.77 bits per heavy atom. The van der Waals surface area contributed by atoms with E-state index >= 15 is 0 Å². The molecule has 0 atom stereocenters. The molecule has 142 valence electrons. The highest BCUT2D eigenvalue weighted by molar-refractivity contribution is 5.92. The average Bonchev–Trinajstić information content (AvgIpc) is 2.61. The van der Waals surface area contributed by atoms with E-state index in [1.54, 1.807) is 30.5 Å². The van der Waals surface area contributed by atoms with Crippen molar-refractivity contribution in [2.24, 2.45) is 0 Å². The SMILES string of the molecule is CCCOc1ccc(NC(=O)Cc2ccc(N)cn2)cc1OCCC.Cl. The first-order valence-electron chi connectivity index (χ1n) is 8.52. The molecule has 0 bridgehead atoms. The standard InChI is InChI=1S/C19H25N3O3.ClH/c1-3-9-24-17-8-7-16(11-18(17)25-10-4-2)22-19(23)12-15-6-5-14(20)13-21-15;/h5-8,11,13H,3-4,9-10,12,20H2,1-2H3,(H,22,23);1H. The number of rotatable bonds is 9. The van der Waals surface area contributed by atoms with E-state index in [4.69, 9.17) is 15.2 Å². The zero-order chi connectivity index (χ0) is 18.1. The monoisotopic (exact) mass is 379 g/mol. The predicted molar refractivity (Wildman–Crippen MR) is 106 cm³/mol. The van der Waals surface area contributed by atoms with Crippen molar-refractivity contribution in [1.82, 2.24) is 4.98 Å². The normalized spacial score (nSPS) is 9.92. The first-order valence-corrected chi connectivity index (χ1v) is 8.52. The number of nitrogen functional groups attached to an aromatic ring is 1. The molecule has 0 saturated heterocycles. The fourth-order valence-electron chi connectivity index (χ4n) is 2.15. The molecule has 6 nitrogen and oxygen atoms in total. The number of nitrogens with one attached hydrogen (secondary N) is 1. The van der Waals surface area contributed by atoms with Gasteiger partial charge in [-0.1, -0.05) is 13.8 Å². The van der Waals surface area contributed by atoms with Crippen LogP contribution in [-0.4, -0.2) is 24.1 Å². The van der Waals surface area contributed by atoms with Crippen molar-refractivity contribution in [3.05, 3.63) is 42.2 Å². The number of anilines is 2. The number of hydrogen-bond donors (Lipinski definition) is 2. The summed E-state index contributed by atoms with van der Waals surface area (Å²) >= 11 is 0. The summed E-state index contributed by atoms with van der Waals surface area (Å²) in [7, 11) is 0. The number of amides is 1. The van der Waals surface area contributed by atoms with Crippen LogP contribution in [0.1, 0.15) is 32.4 Å². The van der Waals surface area contributed by atoms with Crippen LogP contribution in [0.25, 0.3) is 0 Å².